The molecule has 0 N–H and O–H groups in total. The van der Waals surface area contributed by atoms with Crippen LogP contribution in [0.3, 0.4) is 0 Å². The zero-order valence-electron chi connectivity index (χ0n) is 14.3. The molecule has 4 nitrogen and oxygen atoms in total. The van der Waals surface area contributed by atoms with Gasteiger partial charge in [-0.05, 0) is 41.8 Å². The zero-order chi connectivity index (χ0) is 18.4. The van der Waals surface area contributed by atoms with E-state index in [4.69, 9.17) is 11.6 Å². The Balaban J connectivity index is 1.80. The molecule has 0 aliphatic carbocycles. The SMILES string of the molecule is CCCc1nnc(SCc2ccc(Br)cc2)n1/N=C/c1cccc(Cl)c1. The third-order valence-corrected chi connectivity index (χ3v) is 5.36. The first-order valence-electron chi connectivity index (χ1n) is 8.27. The number of rotatable bonds is 7. The number of hydrogen-bond donors (Lipinski definition) is 0. The second-order valence-corrected chi connectivity index (χ2v) is 7.97. The Morgan fingerprint density at radius 1 is 1.19 bits per heavy atom. The van der Waals surface area contributed by atoms with Crippen LogP contribution in [0.15, 0.2) is 63.3 Å². The lowest BCUT2D eigenvalue weighted by atomic mass is 10.2. The second-order valence-electron chi connectivity index (χ2n) is 5.68. The van der Waals surface area contributed by atoms with Crippen LogP contribution < -0.4 is 0 Å². The van der Waals surface area contributed by atoms with Crippen LogP contribution >= 0.6 is 39.3 Å². The van der Waals surface area contributed by atoms with Gasteiger partial charge in [-0.1, -0.05) is 70.5 Å². The topological polar surface area (TPSA) is 43.1 Å². The van der Waals surface area contributed by atoms with E-state index in [1.54, 1.807) is 18.0 Å². The first-order valence-corrected chi connectivity index (χ1v) is 10.4. The van der Waals surface area contributed by atoms with Crippen molar-refractivity contribution in [3.63, 3.8) is 0 Å². The van der Waals surface area contributed by atoms with Gasteiger partial charge in [-0.25, -0.2) is 0 Å². The van der Waals surface area contributed by atoms with E-state index in [-0.39, 0.29) is 0 Å². The van der Waals surface area contributed by atoms with Crippen molar-refractivity contribution in [3.8, 4) is 0 Å². The highest BCUT2D eigenvalue weighted by atomic mass is 79.9. The normalized spacial score (nSPS) is 11.3. The van der Waals surface area contributed by atoms with E-state index < -0.39 is 0 Å². The molecule has 0 radical (unpaired) electrons. The summed E-state index contributed by atoms with van der Waals surface area (Å²) in [5, 5.41) is 14.7. The van der Waals surface area contributed by atoms with E-state index in [9.17, 15) is 0 Å². The van der Waals surface area contributed by atoms with Gasteiger partial charge >= 0.3 is 0 Å². The Morgan fingerprint density at radius 2 is 2.00 bits per heavy atom. The number of halogens is 2. The number of hydrogen-bond acceptors (Lipinski definition) is 4. The largest absolute Gasteiger partial charge is 0.212 e. The van der Waals surface area contributed by atoms with Crippen molar-refractivity contribution in [2.45, 2.75) is 30.7 Å². The van der Waals surface area contributed by atoms with E-state index in [0.29, 0.717) is 5.02 Å². The van der Waals surface area contributed by atoms with Crippen molar-refractivity contribution in [1.82, 2.24) is 14.9 Å². The van der Waals surface area contributed by atoms with E-state index >= 15 is 0 Å². The fourth-order valence-corrected chi connectivity index (χ4v) is 3.65. The van der Waals surface area contributed by atoms with Crippen LogP contribution in [0.5, 0.6) is 0 Å². The lowest BCUT2D eigenvalue weighted by Gasteiger charge is -2.04. The highest BCUT2D eigenvalue weighted by molar-refractivity contribution is 9.10. The summed E-state index contributed by atoms with van der Waals surface area (Å²) in [7, 11) is 0. The minimum Gasteiger partial charge on any atom is -0.191 e. The molecule has 0 spiro atoms. The molecule has 2 aromatic carbocycles. The van der Waals surface area contributed by atoms with E-state index in [1.807, 2.05) is 41.1 Å². The minimum atomic E-state index is 0.691. The molecule has 0 unspecified atom stereocenters. The molecule has 0 aliphatic rings. The van der Waals surface area contributed by atoms with E-state index in [0.717, 1.165) is 39.6 Å². The average molecular weight is 450 g/mol. The quantitative estimate of drug-likeness (QED) is 0.337. The van der Waals surface area contributed by atoms with E-state index in [2.05, 4.69) is 50.3 Å². The molecule has 0 amide bonds. The maximum Gasteiger partial charge on any atom is 0.212 e. The van der Waals surface area contributed by atoms with Crippen LogP contribution in [0, 0.1) is 0 Å². The van der Waals surface area contributed by atoms with Gasteiger partial charge in [0.2, 0.25) is 5.16 Å². The number of thioether (sulfide) groups is 1. The van der Waals surface area contributed by atoms with Gasteiger partial charge in [0.15, 0.2) is 5.82 Å². The van der Waals surface area contributed by atoms with Gasteiger partial charge in [-0.2, -0.15) is 9.78 Å². The smallest absolute Gasteiger partial charge is 0.191 e. The first-order chi connectivity index (χ1) is 12.7. The van der Waals surface area contributed by atoms with Gasteiger partial charge in [0.1, 0.15) is 0 Å². The average Bonchev–Trinajstić information content (AvgIpc) is 3.02. The molecule has 0 aliphatic heterocycles. The predicted molar refractivity (Wildman–Crippen MR) is 112 cm³/mol. The van der Waals surface area contributed by atoms with Crippen LogP contribution in [0.25, 0.3) is 0 Å². The molecule has 0 saturated carbocycles. The molecule has 0 bridgehead atoms. The van der Waals surface area contributed by atoms with Gasteiger partial charge in [0.05, 0.1) is 6.21 Å². The molecule has 1 aromatic heterocycles. The Kier molecular flexibility index (Phi) is 6.88. The lowest BCUT2D eigenvalue weighted by molar-refractivity contribution is 0.700. The third-order valence-electron chi connectivity index (χ3n) is 3.60. The monoisotopic (exact) mass is 448 g/mol. The Bertz CT molecular complexity index is 893. The Labute approximate surface area is 170 Å². The predicted octanol–water partition coefficient (Wildman–Crippen LogP) is 5.82. The lowest BCUT2D eigenvalue weighted by Crippen LogP contribution is -2.00. The van der Waals surface area contributed by atoms with Crippen molar-refractivity contribution in [1.29, 1.82) is 0 Å². The van der Waals surface area contributed by atoms with Crippen LogP contribution in [-0.4, -0.2) is 21.1 Å². The Hall–Kier alpha value is -1.63. The number of aromatic nitrogens is 3. The molecule has 0 saturated heterocycles. The van der Waals surface area contributed by atoms with Gasteiger partial charge in [-0.3, -0.25) is 0 Å². The molecule has 1 heterocycles. The van der Waals surface area contributed by atoms with Gasteiger partial charge < -0.3 is 0 Å². The Morgan fingerprint density at radius 3 is 2.73 bits per heavy atom. The van der Waals surface area contributed by atoms with Crippen LogP contribution in [-0.2, 0) is 12.2 Å². The van der Waals surface area contributed by atoms with Crippen LogP contribution in [0.2, 0.25) is 5.02 Å². The standard InChI is InChI=1S/C19H18BrClN4S/c1-2-4-18-23-24-19(26-13-14-7-9-16(20)10-8-14)25(18)22-12-15-5-3-6-17(21)11-15/h3,5-12H,2,4,13H2,1H3/b22-12+. The summed E-state index contributed by atoms with van der Waals surface area (Å²) in [5.41, 5.74) is 2.17. The fourth-order valence-electron chi connectivity index (χ4n) is 2.32. The van der Waals surface area contributed by atoms with Crippen molar-refractivity contribution in [3.05, 3.63) is 75.0 Å². The molecular formula is C19H18BrClN4S. The highest BCUT2D eigenvalue weighted by Crippen LogP contribution is 2.23. The fraction of sp³-hybridized carbons (Fsp3) is 0.211. The van der Waals surface area contributed by atoms with Gasteiger partial charge in [-0.15, -0.1) is 10.2 Å². The maximum atomic E-state index is 6.05. The summed E-state index contributed by atoms with van der Waals surface area (Å²) in [6.07, 6.45) is 3.61. The minimum absolute atomic E-state index is 0.691. The molecule has 7 heteroatoms. The number of nitrogens with zero attached hydrogens (tertiary/aromatic N) is 4. The molecule has 3 aromatic rings. The summed E-state index contributed by atoms with van der Waals surface area (Å²) in [4.78, 5) is 0. The highest BCUT2D eigenvalue weighted by Gasteiger charge is 2.11. The van der Waals surface area contributed by atoms with Crippen molar-refractivity contribution in [2.75, 3.05) is 0 Å². The molecule has 134 valence electrons. The number of benzene rings is 2. The van der Waals surface area contributed by atoms with Crippen molar-refractivity contribution in [2.24, 2.45) is 5.10 Å². The summed E-state index contributed by atoms with van der Waals surface area (Å²) < 4.78 is 2.90. The first kappa shape index (κ1) is 19.1. The van der Waals surface area contributed by atoms with E-state index in [1.165, 1.54) is 5.56 Å². The van der Waals surface area contributed by atoms with Gasteiger partial charge in [0, 0.05) is 21.7 Å². The maximum absolute atomic E-state index is 6.05. The summed E-state index contributed by atoms with van der Waals surface area (Å²) >= 11 is 11.1. The molecule has 0 fully saturated rings. The van der Waals surface area contributed by atoms with Crippen molar-refractivity contribution >= 4 is 45.5 Å². The molecule has 26 heavy (non-hydrogen) atoms. The molecular weight excluding hydrogens is 432 g/mol. The number of aryl methyl sites for hydroxylation is 1. The summed E-state index contributed by atoms with van der Waals surface area (Å²) in [6, 6.07) is 15.9. The zero-order valence-corrected chi connectivity index (χ0v) is 17.4. The summed E-state index contributed by atoms with van der Waals surface area (Å²) in [6.45, 7) is 2.12. The molecule has 3 rings (SSSR count). The molecule has 0 atom stereocenters. The third kappa shape index (κ3) is 5.19. The second kappa shape index (κ2) is 9.35. The van der Waals surface area contributed by atoms with Crippen LogP contribution in [0.1, 0.15) is 30.3 Å². The van der Waals surface area contributed by atoms with Crippen LogP contribution in [0.4, 0.5) is 0 Å². The van der Waals surface area contributed by atoms with Crippen molar-refractivity contribution < 1.29 is 0 Å². The van der Waals surface area contributed by atoms with Gasteiger partial charge in [0.25, 0.3) is 0 Å². The summed E-state index contributed by atoms with van der Waals surface area (Å²) in [5.74, 6) is 1.67.